The quantitative estimate of drug-likeness (QED) is 0.145. The maximum Gasteiger partial charge on any atom is 0.240 e. The van der Waals surface area contributed by atoms with Crippen LogP contribution in [-0.2, 0) is 24.7 Å². The summed E-state index contributed by atoms with van der Waals surface area (Å²) in [5.41, 5.74) is 10.2. The Bertz CT molecular complexity index is 1220. The van der Waals surface area contributed by atoms with Gasteiger partial charge in [0, 0.05) is 50.9 Å². The van der Waals surface area contributed by atoms with E-state index in [-0.39, 0.29) is 17.8 Å². The van der Waals surface area contributed by atoms with Crippen molar-refractivity contribution in [2.24, 2.45) is 12.8 Å². The molecule has 1 aromatic heterocycles. The minimum Gasteiger partial charge on any atom is -0.384 e. The number of likely N-dealkylation sites (N-methyl/N-ethyl adjacent to an activating group) is 1. The second kappa shape index (κ2) is 11.6. The zero-order valence-electron chi connectivity index (χ0n) is 20.8. The van der Waals surface area contributed by atoms with Crippen molar-refractivity contribution in [3.63, 3.8) is 0 Å². The number of fused-ring (bicyclic) bond motifs is 1. The molecule has 0 atom stereocenters. The maximum absolute atomic E-state index is 13.0. The molecule has 1 aliphatic rings. The van der Waals surface area contributed by atoms with E-state index in [1.165, 1.54) is 5.56 Å². The number of hydrogen-bond acceptors (Lipinski definition) is 5. The molecule has 0 aliphatic carbocycles. The van der Waals surface area contributed by atoms with Crippen LogP contribution in [0.25, 0.3) is 11.0 Å². The van der Waals surface area contributed by atoms with Gasteiger partial charge in [0.05, 0.1) is 23.6 Å². The van der Waals surface area contributed by atoms with Crippen molar-refractivity contribution in [2.75, 3.05) is 37.6 Å². The third-order valence-electron chi connectivity index (χ3n) is 7.05. The Morgan fingerprint density at radius 2 is 1.86 bits per heavy atom. The maximum atomic E-state index is 13.0. The Balaban J connectivity index is 1.38. The summed E-state index contributed by atoms with van der Waals surface area (Å²) in [5.74, 6) is 1.11. The molecule has 0 saturated carbocycles. The molecule has 2 aromatic carbocycles. The number of amides is 1. The first-order valence-corrected chi connectivity index (χ1v) is 13.0. The van der Waals surface area contributed by atoms with Gasteiger partial charge in [0.25, 0.3) is 0 Å². The predicted octanol–water partition coefficient (Wildman–Crippen LogP) is 3.72. The van der Waals surface area contributed by atoms with Gasteiger partial charge in [-0.15, -0.1) is 11.6 Å². The van der Waals surface area contributed by atoms with E-state index in [0.29, 0.717) is 12.5 Å². The van der Waals surface area contributed by atoms with Crippen LogP contribution >= 0.6 is 23.4 Å². The monoisotopic (exact) mass is 529 g/mol. The molecule has 10 heteroatoms. The van der Waals surface area contributed by atoms with Crippen molar-refractivity contribution in [1.82, 2.24) is 18.9 Å². The lowest BCUT2D eigenvalue weighted by atomic mass is 10.1. The number of nitrogens with zero attached hydrogens (tertiary/aromatic N) is 5. The molecule has 3 aromatic rings. The van der Waals surface area contributed by atoms with Gasteiger partial charge in [-0.3, -0.25) is 15.1 Å². The molecule has 192 valence electrons. The Labute approximate surface area is 222 Å². The number of nitrogens with two attached hydrogens (primary N) is 1. The molecular weight excluding hydrogens is 497 g/mol. The molecule has 36 heavy (non-hydrogen) atoms. The van der Waals surface area contributed by atoms with Crippen LogP contribution in [-0.4, -0.2) is 69.3 Å². The highest BCUT2D eigenvalue weighted by Crippen LogP contribution is 2.24. The number of hydrogen-bond donors (Lipinski definition) is 2. The number of amidine groups is 1. The van der Waals surface area contributed by atoms with Gasteiger partial charge in [-0.05, 0) is 54.8 Å². The lowest BCUT2D eigenvalue weighted by molar-refractivity contribution is -0.119. The smallest absolute Gasteiger partial charge is 0.240 e. The van der Waals surface area contributed by atoms with Crippen molar-refractivity contribution in [2.45, 2.75) is 31.7 Å². The molecule has 3 N–H and O–H groups in total. The van der Waals surface area contributed by atoms with E-state index in [1.54, 1.807) is 9.32 Å². The lowest BCUT2D eigenvalue weighted by Gasteiger charge is -2.34. The first kappa shape index (κ1) is 26.4. The number of benzene rings is 2. The zero-order valence-corrected chi connectivity index (χ0v) is 22.3. The van der Waals surface area contributed by atoms with Gasteiger partial charge in [-0.25, -0.2) is 9.40 Å². The van der Waals surface area contributed by atoms with Crippen LogP contribution in [0.4, 0.5) is 5.69 Å². The van der Waals surface area contributed by atoms with Gasteiger partial charge in [0.15, 0.2) is 0 Å². The summed E-state index contributed by atoms with van der Waals surface area (Å²) >= 11 is 12.0. The summed E-state index contributed by atoms with van der Waals surface area (Å²) in [5, 5.41) is 7.53. The number of carbonyl (C=O) groups is 1. The number of nitrogen functional groups attached to an aromatic ring is 1. The van der Waals surface area contributed by atoms with Gasteiger partial charge in [-0.1, -0.05) is 24.3 Å². The first-order chi connectivity index (χ1) is 17.3. The Morgan fingerprint density at radius 3 is 2.50 bits per heavy atom. The molecule has 1 saturated heterocycles. The van der Waals surface area contributed by atoms with E-state index >= 15 is 0 Å². The van der Waals surface area contributed by atoms with Crippen LogP contribution < -0.4 is 10.6 Å². The number of rotatable bonds is 9. The van der Waals surface area contributed by atoms with E-state index in [2.05, 4.69) is 9.47 Å². The number of aromatic nitrogens is 2. The standard InChI is InChI=1S/C26H33Cl2N7O/c1-32(25(36)16-34-13-11-20(12-14-34)35(28)17-27)21-8-9-23-22(15-21)31-24(33(23)2)10-5-18-3-6-19(7-4-18)26(29)30/h3-4,6-9,15,20H,5,10-14,16-17H2,1-2H3,(H3,29,30). The fraction of sp³-hybridized carbons (Fsp3) is 0.423. The third kappa shape index (κ3) is 6.00. The highest BCUT2D eigenvalue weighted by atomic mass is 35.5. The molecule has 8 nitrogen and oxygen atoms in total. The molecule has 0 radical (unpaired) electrons. The Hall–Kier alpha value is -2.65. The molecular formula is C26H33Cl2N7O. The average Bonchev–Trinajstić information content (AvgIpc) is 3.21. The molecule has 1 amide bonds. The van der Waals surface area contributed by atoms with Crippen LogP contribution in [0.1, 0.15) is 29.8 Å². The highest BCUT2D eigenvalue weighted by Gasteiger charge is 2.25. The molecule has 0 bridgehead atoms. The summed E-state index contributed by atoms with van der Waals surface area (Å²) < 4.78 is 3.75. The summed E-state index contributed by atoms with van der Waals surface area (Å²) in [7, 11) is 3.84. The third-order valence-corrected chi connectivity index (χ3v) is 7.82. The lowest BCUT2D eigenvalue weighted by Crippen LogP contribution is -2.45. The van der Waals surface area contributed by atoms with Crippen molar-refractivity contribution < 1.29 is 4.79 Å². The molecule has 0 unspecified atom stereocenters. The van der Waals surface area contributed by atoms with Crippen LogP contribution in [0.15, 0.2) is 42.5 Å². The van der Waals surface area contributed by atoms with Gasteiger partial charge in [0.2, 0.25) is 5.91 Å². The predicted molar refractivity (Wildman–Crippen MR) is 147 cm³/mol. The second-order valence-corrected chi connectivity index (χ2v) is 10.0. The van der Waals surface area contributed by atoms with E-state index in [1.807, 2.05) is 56.6 Å². The topological polar surface area (TPSA) is 94.5 Å². The van der Waals surface area contributed by atoms with Gasteiger partial charge >= 0.3 is 0 Å². The number of likely N-dealkylation sites (tertiary alicyclic amines) is 1. The van der Waals surface area contributed by atoms with Crippen LogP contribution in [0.3, 0.4) is 0 Å². The number of carbonyl (C=O) groups excluding carboxylic acids is 1. The summed E-state index contributed by atoms with van der Waals surface area (Å²) in [6, 6.07) is 14.3. The van der Waals surface area contributed by atoms with Gasteiger partial charge in [0.1, 0.15) is 11.7 Å². The number of piperidine rings is 1. The second-order valence-electron chi connectivity index (χ2n) is 9.35. The minimum atomic E-state index is 0.0537. The van der Waals surface area contributed by atoms with Crippen molar-refractivity contribution in [3.8, 4) is 0 Å². The minimum absolute atomic E-state index is 0.0537. The number of nitrogens with one attached hydrogen (secondary N) is 1. The molecule has 0 spiro atoms. The number of anilines is 1. The van der Waals surface area contributed by atoms with Crippen LogP contribution in [0, 0.1) is 5.41 Å². The molecule has 1 aliphatic heterocycles. The Morgan fingerprint density at radius 1 is 1.17 bits per heavy atom. The van der Waals surface area contributed by atoms with Gasteiger partial charge in [-0.2, -0.15) is 0 Å². The largest absolute Gasteiger partial charge is 0.384 e. The SMILES string of the molecule is CN(C(=O)CN1CCC(N(Cl)CCl)CC1)c1ccc2c(c1)nc(CCc1ccc(C(=N)N)cc1)n2C. The average molecular weight is 531 g/mol. The van der Waals surface area contributed by atoms with Gasteiger partial charge < -0.3 is 15.2 Å². The van der Waals surface area contributed by atoms with E-state index in [4.69, 9.17) is 39.5 Å². The number of halogens is 2. The van der Waals surface area contributed by atoms with Crippen molar-refractivity contribution in [1.29, 1.82) is 5.41 Å². The normalized spacial score (nSPS) is 15.0. The van der Waals surface area contributed by atoms with E-state index in [9.17, 15) is 4.79 Å². The number of aryl methyl sites for hydroxylation is 3. The highest BCUT2D eigenvalue weighted by molar-refractivity contribution is 6.22. The fourth-order valence-electron chi connectivity index (χ4n) is 4.67. The Kier molecular flexibility index (Phi) is 8.51. The van der Waals surface area contributed by atoms with Crippen LogP contribution in [0.5, 0.6) is 0 Å². The van der Waals surface area contributed by atoms with Crippen molar-refractivity contribution in [3.05, 3.63) is 59.4 Å². The molecule has 1 fully saturated rings. The number of imidazole rings is 1. The molecule has 4 rings (SSSR count). The summed E-state index contributed by atoms with van der Waals surface area (Å²) in [4.78, 5) is 21.7. The van der Waals surface area contributed by atoms with E-state index in [0.717, 1.165) is 66.9 Å². The zero-order chi connectivity index (χ0) is 25.8. The summed E-state index contributed by atoms with van der Waals surface area (Å²) in [6.45, 7) is 2.02. The summed E-state index contributed by atoms with van der Waals surface area (Å²) in [6.07, 6.45) is 3.42. The number of alkyl halides is 1. The van der Waals surface area contributed by atoms with Crippen LogP contribution in [0.2, 0.25) is 0 Å². The fourth-order valence-corrected chi connectivity index (χ4v) is 5.06. The van der Waals surface area contributed by atoms with Crippen molar-refractivity contribution >= 4 is 51.8 Å². The molecule has 2 heterocycles. The van der Waals surface area contributed by atoms with E-state index < -0.39 is 0 Å². The first-order valence-electron chi connectivity index (χ1n) is 12.1.